The molecule has 1 saturated carbocycles. The highest BCUT2D eigenvalue weighted by Crippen LogP contribution is 2.32. The SMILES string of the molecule is NCC[C@@H](O)C(=O)N[C@@H]1C[C@@H](N)[C@H](O[C@H]2O[C@@H](CO)[C@@H](O)[C@H](O)[C@H]2N)[C@@H](O[C@@H]2O[C@H](CO)[C@H](O)[C@@H]2O)[C@@H]1O. The number of aliphatic hydroxyl groups excluding tert-OH is 8. The van der Waals surface area contributed by atoms with Crippen LogP contribution in [0.3, 0.4) is 0 Å². The Morgan fingerprint density at radius 2 is 1.42 bits per heavy atom. The predicted octanol–water partition coefficient (Wildman–Crippen LogP) is -7.75. The average molecular weight is 557 g/mol. The van der Waals surface area contributed by atoms with Crippen molar-refractivity contribution in [2.45, 2.75) is 105 Å². The van der Waals surface area contributed by atoms with Gasteiger partial charge in [-0.25, -0.2) is 0 Å². The molecule has 0 aromatic rings. The molecular formula is C21H40N4O13. The molecule has 0 spiro atoms. The highest BCUT2D eigenvalue weighted by atomic mass is 16.7. The normalized spacial score (nSPS) is 46.6. The van der Waals surface area contributed by atoms with E-state index < -0.39 is 111 Å². The van der Waals surface area contributed by atoms with E-state index in [0.29, 0.717) is 0 Å². The summed E-state index contributed by atoms with van der Waals surface area (Å²) in [4.78, 5) is 12.4. The van der Waals surface area contributed by atoms with Crippen LogP contribution in [0, 0.1) is 0 Å². The molecule has 17 nitrogen and oxygen atoms in total. The lowest BCUT2D eigenvalue weighted by Gasteiger charge is -2.47. The summed E-state index contributed by atoms with van der Waals surface area (Å²) in [7, 11) is 0. The van der Waals surface area contributed by atoms with Crippen LogP contribution < -0.4 is 22.5 Å². The monoisotopic (exact) mass is 556 g/mol. The van der Waals surface area contributed by atoms with Gasteiger partial charge in [-0.15, -0.1) is 0 Å². The highest BCUT2D eigenvalue weighted by Gasteiger charge is 2.53. The van der Waals surface area contributed by atoms with Crippen LogP contribution in [0.25, 0.3) is 0 Å². The van der Waals surface area contributed by atoms with Gasteiger partial charge >= 0.3 is 0 Å². The van der Waals surface area contributed by atoms with E-state index in [4.69, 9.17) is 36.1 Å². The Morgan fingerprint density at radius 1 is 0.868 bits per heavy atom. The Hall–Kier alpha value is -1.13. The van der Waals surface area contributed by atoms with E-state index >= 15 is 0 Å². The van der Waals surface area contributed by atoms with Gasteiger partial charge in [0.25, 0.3) is 0 Å². The lowest BCUT2D eigenvalue weighted by Crippen LogP contribution is -2.69. The van der Waals surface area contributed by atoms with E-state index in [2.05, 4.69) is 5.32 Å². The Bertz CT molecular complexity index is 769. The molecule has 3 rings (SSSR count). The van der Waals surface area contributed by atoms with Gasteiger partial charge in [0.05, 0.1) is 25.3 Å². The molecule has 0 radical (unpaired) electrons. The molecule has 0 unspecified atom stereocenters. The zero-order valence-corrected chi connectivity index (χ0v) is 20.5. The van der Waals surface area contributed by atoms with Crippen LogP contribution in [0.1, 0.15) is 12.8 Å². The number of hydrogen-bond acceptors (Lipinski definition) is 16. The van der Waals surface area contributed by atoms with Crippen molar-refractivity contribution in [3.05, 3.63) is 0 Å². The number of carbonyl (C=O) groups is 1. The van der Waals surface area contributed by atoms with Crippen LogP contribution in [-0.4, -0.2) is 158 Å². The first-order valence-corrected chi connectivity index (χ1v) is 12.4. The minimum atomic E-state index is -1.64. The number of ether oxygens (including phenoxy) is 4. The molecule has 38 heavy (non-hydrogen) atoms. The van der Waals surface area contributed by atoms with Crippen LogP contribution in [-0.2, 0) is 23.7 Å². The van der Waals surface area contributed by atoms with E-state index in [1.165, 1.54) is 0 Å². The van der Waals surface area contributed by atoms with Crippen molar-refractivity contribution in [2.75, 3.05) is 19.8 Å². The molecule has 0 bridgehead atoms. The first-order chi connectivity index (χ1) is 17.9. The second-order valence-corrected chi connectivity index (χ2v) is 9.79. The van der Waals surface area contributed by atoms with Gasteiger partial charge in [0.15, 0.2) is 12.6 Å². The fourth-order valence-electron chi connectivity index (χ4n) is 4.80. The summed E-state index contributed by atoms with van der Waals surface area (Å²) in [6.45, 7) is -1.28. The summed E-state index contributed by atoms with van der Waals surface area (Å²) in [5.74, 6) is -0.821. The summed E-state index contributed by atoms with van der Waals surface area (Å²) >= 11 is 0. The van der Waals surface area contributed by atoms with E-state index in [1.54, 1.807) is 0 Å². The van der Waals surface area contributed by atoms with Gasteiger partial charge in [-0.3, -0.25) is 4.79 Å². The smallest absolute Gasteiger partial charge is 0.249 e. The fourth-order valence-corrected chi connectivity index (χ4v) is 4.80. The maximum Gasteiger partial charge on any atom is 0.249 e. The minimum absolute atomic E-state index is 0.0330. The van der Waals surface area contributed by atoms with Gasteiger partial charge in [0.1, 0.15) is 61.0 Å². The third kappa shape index (κ3) is 6.60. The zero-order valence-electron chi connectivity index (χ0n) is 20.5. The van der Waals surface area contributed by atoms with Crippen molar-refractivity contribution in [1.82, 2.24) is 5.32 Å². The molecule has 15 atom stereocenters. The summed E-state index contributed by atoms with van der Waals surface area (Å²) < 4.78 is 22.5. The molecule has 2 heterocycles. The topological polar surface area (TPSA) is 306 Å². The van der Waals surface area contributed by atoms with Crippen molar-refractivity contribution < 1.29 is 64.6 Å². The lowest BCUT2D eigenvalue weighted by atomic mass is 9.83. The fraction of sp³-hybridized carbons (Fsp3) is 0.952. The van der Waals surface area contributed by atoms with E-state index in [0.717, 1.165) is 0 Å². The molecule has 2 aliphatic heterocycles. The van der Waals surface area contributed by atoms with Crippen molar-refractivity contribution >= 4 is 5.91 Å². The quantitative estimate of drug-likeness (QED) is 0.119. The van der Waals surface area contributed by atoms with Crippen LogP contribution in [0.2, 0.25) is 0 Å². The molecule has 15 N–H and O–H groups in total. The summed E-state index contributed by atoms with van der Waals surface area (Å²) in [5, 5.41) is 83.2. The van der Waals surface area contributed by atoms with Gasteiger partial charge in [0.2, 0.25) is 5.91 Å². The van der Waals surface area contributed by atoms with Crippen LogP contribution in [0.5, 0.6) is 0 Å². The summed E-state index contributed by atoms with van der Waals surface area (Å²) in [6.07, 6.45) is -17.6. The number of amides is 1. The molecule has 3 aliphatic rings. The minimum Gasteiger partial charge on any atom is -0.394 e. The summed E-state index contributed by atoms with van der Waals surface area (Å²) in [6, 6.07) is -3.40. The number of nitrogens with one attached hydrogen (secondary N) is 1. The van der Waals surface area contributed by atoms with Gasteiger partial charge in [0, 0.05) is 6.04 Å². The second-order valence-electron chi connectivity index (χ2n) is 9.79. The van der Waals surface area contributed by atoms with Gasteiger partial charge in [-0.1, -0.05) is 0 Å². The van der Waals surface area contributed by atoms with Crippen molar-refractivity contribution in [3.63, 3.8) is 0 Å². The molecule has 2 saturated heterocycles. The lowest BCUT2D eigenvalue weighted by molar-refractivity contribution is -0.311. The van der Waals surface area contributed by atoms with Crippen molar-refractivity contribution in [2.24, 2.45) is 17.2 Å². The zero-order chi connectivity index (χ0) is 28.3. The van der Waals surface area contributed by atoms with E-state index in [9.17, 15) is 45.6 Å². The Balaban J connectivity index is 1.84. The number of hydrogen-bond donors (Lipinski definition) is 12. The van der Waals surface area contributed by atoms with Crippen LogP contribution in [0.15, 0.2) is 0 Å². The molecule has 1 aliphatic carbocycles. The van der Waals surface area contributed by atoms with E-state index in [1.807, 2.05) is 0 Å². The maximum absolute atomic E-state index is 12.4. The Morgan fingerprint density at radius 3 is 2.00 bits per heavy atom. The number of aliphatic hydroxyl groups is 8. The Kier molecular flexibility index (Phi) is 11.1. The highest BCUT2D eigenvalue weighted by molar-refractivity contribution is 5.80. The van der Waals surface area contributed by atoms with Gasteiger partial charge in [-0.05, 0) is 19.4 Å². The predicted molar refractivity (Wildman–Crippen MR) is 123 cm³/mol. The number of nitrogens with two attached hydrogens (primary N) is 3. The van der Waals surface area contributed by atoms with Crippen molar-refractivity contribution in [1.29, 1.82) is 0 Å². The third-order valence-electron chi connectivity index (χ3n) is 7.10. The van der Waals surface area contributed by atoms with Gasteiger partial charge in [-0.2, -0.15) is 0 Å². The molecule has 222 valence electrons. The summed E-state index contributed by atoms with van der Waals surface area (Å²) in [5.41, 5.74) is 17.6. The third-order valence-corrected chi connectivity index (χ3v) is 7.10. The molecule has 3 fully saturated rings. The Labute approximate surface area is 218 Å². The first kappa shape index (κ1) is 31.4. The molecule has 0 aromatic carbocycles. The number of rotatable bonds is 10. The first-order valence-electron chi connectivity index (χ1n) is 12.4. The molecule has 0 aromatic heterocycles. The second kappa shape index (κ2) is 13.5. The van der Waals surface area contributed by atoms with Gasteiger partial charge < -0.3 is 82.3 Å². The van der Waals surface area contributed by atoms with E-state index in [-0.39, 0.29) is 19.4 Å². The standard InChI is InChI=1S/C21H40N4O13/c22-2-1-8(28)19(34)25-7-3-6(23)17(37-20-11(24)15(32)13(30)9(4-26)35-20)18(12(7)29)38-21-16(33)14(31)10(5-27)36-21/h6-18,20-21,26-33H,1-5,22-24H2,(H,25,34)/t6-,7-,8-,9+,10-,11-,12-,13-,14+,15-,16+,17+,18+,20-,21+/m1/s1. The molecular weight excluding hydrogens is 516 g/mol. The molecule has 1 amide bonds. The molecule has 17 heteroatoms. The van der Waals surface area contributed by atoms with Crippen LogP contribution >= 0.6 is 0 Å². The average Bonchev–Trinajstić information content (AvgIpc) is 3.16. The van der Waals surface area contributed by atoms with Crippen LogP contribution in [0.4, 0.5) is 0 Å². The number of carbonyl (C=O) groups excluding carboxylic acids is 1. The maximum atomic E-state index is 12.4. The van der Waals surface area contributed by atoms with Crippen molar-refractivity contribution in [3.8, 4) is 0 Å². The largest absolute Gasteiger partial charge is 0.394 e.